The highest BCUT2D eigenvalue weighted by atomic mass is 32.2. The summed E-state index contributed by atoms with van der Waals surface area (Å²) in [5.41, 5.74) is 0. The van der Waals surface area contributed by atoms with Crippen LogP contribution in [0.4, 0.5) is 0 Å². The summed E-state index contributed by atoms with van der Waals surface area (Å²) in [6, 6.07) is 1.52. The van der Waals surface area contributed by atoms with Crippen LogP contribution in [0, 0.1) is 5.92 Å². The Morgan fingerprint density at radius 2 is 2.36 bits per heavy atom. The minimum absolute atomic E-state index is 0.713. The minimum atomic E-state index is 0.713. The van der Waals surface area contributed by atoms with Gasteiger partial charge in [-0.1, -0.05) is 6.92 Å². The second kappa shape index (κ2) is 5.38. The number of hydrogen-bond donors (Lipinski definition) is 2. The van der Waals surface area contributed by atoms with Crippen LogP contribution in [0.15, 0.2) is 0 Å². The molecule has 1 heterocycles. The first-order valence-corrected chi connectivity index (χ1v) is 7.04. The molecule has 0 spiro atoms. The molecule has 1 saturated heterocycles. The van der Waals surface area contributed by atoms with E-state index in [0.717, 1.165) is 12.0 Å². The van der Waals surface area contributed by atoms with E-state index in [1.165, 1.54) is 43.9 Å². The first kappa shape index (κ1) is 10.8. The molecule has 14 heavy (non-hydrogen) atoms. The first-order chi connectivity index (χ1) is 6.84. The van der Waals surface area contributed by atoms with Gasteiger partial charge in [0, 0.05) is 36.7 Å². The summed E-state index contributed by atoms with van der Waals surface area (Å²) in [6.45, 7) is 4.73. The monoisotopic (exact) mass is 214 g/mol. The summed E-state index contributed by atoms with van der Waals surface area (Å²) < 4.78 is 0. The lowest BCUT2D eigenvalue weighted by Crippen LogP contribution is -2.46. The van der Waals surface area contributed by atoms with Crippen molar-refractivity contribution in [3.05, 3.63) is 0 Å². The fraction of sp³-hybridized carbons (Fsp3) is 1.00. The lowest BCUT2D eigenvalue weighted by molar-refractivity contribution is 0.448. The maximum Gasteiger partial charge on any atom is 0.0283 e. The van der Waals surface area contributed by atoms with E-state index in [1.54, 1.807) is 0 Å². The summed E-state index contributed by atoms with van der Waals surface area (Å²) in [6.07, 6.45) is 4.20. The lowest BCUT2D eigenvalue weighted by Gasteiger charge is -2.25. The molecule has 0 amide bonds. The zero-order valence-corrected chi connectivity index (χ0v) is 9.91. The van der Waals surface area contributed by atoms with Crippen LogP contribution >= 0.6 is 11.8 Å². The molecule has 2 nitrogen and oxygen atoms in total. The summed E-state index contributed by atoms with van der Waals surface area (Å²) >= 11 is 2.08. The molecule has 82 valence electrons. The smallest absolute Gasteiger partial charge is 0.0283 e. The van der Waals surface area contributed by atoms with Crippen molar-refractivity contribution in [1.82, 2.24) is 10.6 Å². The molecule has 0 aromatic carbocycles. The van der Waals surface area contributed by atoms with Crippen LogP contribution < -0.4 is 10.6 Å². The molecule has 1 aliphatic carbocycles. The Morgan fingerprint density at radius 3 is 3.00 bits per heavy atom. The van der Waals surface area contributed by atoms with E-state index in [2.05, 4.69) is 29.3 Å². The largest absolute Gasteiger partial charge is 0.312 e. The Bertz CT molecular complexity index is 164. The van der Waals surface area contributed by atoms with Crippen molar-refractivity contribution in [3.63, 3.8) is 0 Å². The van der Waals surface area contributed by atoms with Crippen LogP contribution in [-0.2, 0) is 0 Å². The van der Waals surface area contributed by atoms with Crippen molar-refractivity contribution in [2.75, 3.05) is 24.6 Å². The molecule has 2 N–H and O–H groups in total. The molecule has 0 aromatic heterocycles. The maximum atomic E-state index is 3.71. The van der Waals surface area contributed by atoms with Crippen molar-refractivity contribution in [2.45, 2.75) is 38.3 Å². The number of nitrogens with one attached hydrogen (secondary N) is 2. The molecule has 2 aliphatic rings. The maximum absolute atomic E-state index is 3.71. The molecular weight excluding hydrogens is 192 g/mol. The van der Waals surface area contributed by atoms with E-state index in [4.69, 9.17) is 0 Å². The highest BCUT2D eigenvalue weighted by Gasteiger charge is 2.22. The predicted octanol–water partition coefficient (Wildman–Crippen LogP) is 1.47. The van der Waals surface area contributed by atoms with Crippen molar-refractivity contribution in [3.8, 4) is 0 Å². The van der Waals surface area contributed by atoms with Gasteiger partial charge < -0.3 is 10.6 Å². The third-order valence-corrected chi connectivity index (χ3v) is 4.48. The van der Waals surface area contributed by atoms with Crippen molar-refractivity contribution < 1.29 is 0 Å². The molecule has 1 saturated carbocycles. The average molecular weight is 214 g/mol. The summed E-state index contributed by atoms with van der Waals surface area (Å²) in [5, 5.41) is 7.28. The van der Waals surface area contributed by atoms with Gasteiger partial charge in [0.05, 0.1) is 0 Å². The van der Waals surface area contributed by atoms with E-state index in [9.17, 15) is 0 Å². The number of thioether (sulfide) groups is 1. The van der Waals surface area contributed by atoms with Crippen LogP contribution in [0.2, 0.25) is 0 Å². The van der Waals surface area contributed by atoms with Gasteiger partial charge in [-0.25, -0.2) is 0 Å². The molecular formula is C11H22N2S. The van der Waals surface area contributed by atoms with Gasteiger partial charge in [0.25, 0.3) is 0 Å². The van der Waals surface area contributed by atoms with Gasteiger partial charge in [0.1, 0.15) is 0 Å². The van der Waals surface area contributed by atoms with Crippen molar-refractivity contribution in [1.29, 1.82) is 0 Å². The Hall–Kier alpha value is 0.270. The van der Waals surface area contributed by atoms with Gasteiger partial charge in [-0.15, -0.1) is 0 Å². The molecule has 0 radical (unpaired) electrons. The van der Waals surface area contributed by atoms with Gasteiger partial charge in [-0.2, -0.15) is 11.8 Å². The molecule has 0 bridgehead atoms. The van der Waals surface area contributed by atoms with E-state index >= 15 is 0 Å². The Morgan fingerprint density at radius 1 is 1.43 bits per heavy atom. The Kier molecular flexibility index (Phi) is 4.14. The zero-order chi connectivity index (χ0) is 9.80. The van der Waals surface area contributed by atoms with Crippen LogP contribution in [-0.4, -0.2) is 36.7 Å². The zero-order valence-electron chi connectivity index (χ0n) is 9.09. The highest BCUT2D eigenvalue weighted by Crippen LogP contribution is 2.24. The second-order valence-corrected chi connectivity index (χ2v) is 5.90. The van der Waals surface area contributed by atoms with Crippen LogP contribution in [0.5, 0.6) is 0 Å². The van der Waals surface area contributed by atoms with Gasteiger partial charge >= 0.3 is 0 Å². The first-order valence-electron chi connectivity index (χ1n) is 5.89. The van der Waals surface area contributed by atoms with Crippen molar-refractivity contribution >= 4 is 11.8 Å². The minimum Gasteiger partial charge on any atom is -0.312 e. The van der Waals surface area contributed by atoms with Gasteiger partial charge in [-0.05, 0) is 25.2 Å². The highest BCUT2D eigenvalue weighted by molar-refractivity contribution is 7.99. The third-order valence-electron chi connectivity index (χ3n) is 3.35. The summed E-state index contributed by atoms with van der Waals surface area (Å²) in [4.78, 5) is 0. The molecule has 2 rings (SSSR count). The standard InChI is InChI=1S/C11H22N2S/c1-9-2-3-10(6-9)13-7-11-8-14-5-4-12-11/h9-13H,2-8H2,1H3. The van der Waals surface area contributed by atoms with Crippen LogP contribution in [0.25, 0.3) is 0 Å². The SMILES string of the molecule is CC1CCC(NCC2CSCCN2)C1. The third kappa shape index (κ3) is 3.14. The van der Waals surface area contributed by atoms with Gasteiger partial charge in [-0.3, -0.25) is 0 Å². The number of rotatable bonds is 3. The fourth-order valence-electron chi connectivity index (χ4n) is 2.45. The molecule has 3 heteroatoms. The molecule has 2 fully saturated rings. The molecule has 1 aliphatic heterocycles. The van der Waals surface area contributed by atoms with Gasteiger partial charge in [0.2, 0.25) is 0 Å². The average Bonchev–Trinajstić information content (AvgIpc) is 2.63. The van der Waals surface area contributed by atoms with Crippen LogP contribution in [0.3, 0.4) is 0 Å². The van der Waals surface area contributed by atoms with Crippen LogP contribution in [0.1, 0.15) is 26.2 Å². The summed E-state index contributed by atoms with van der Waals surface area (Å²) in [7, 11) is 0. The predicted molar refractivity (Wildman–Crippen MR) is 63.9 cm³/mol. The lowest BCUT2D eigenvalue weighted by atomic mass is 10.1. The summed E-state index contributed by atoms with van der Waals surface area (Å²) in [5.74, 6) is 3.52. The van der Waals surface area contributed by atoms with E-state index in [1.807, 2.05) is 0 Å². The molecule has 3 unspecified atom stereocenters. The Balaban J connectivity index is 1.61. The molecule has 3 atom stereocenters. The quantitative estimate of drug-likeness (QED) is 0.744. The van der Waals surface area contributed by atoms with Gasteiger partial charge in [0.15, 0.2) is 0 Å². The second-order valence-electron chi connectivity index (χ2n) is 4.75. The van der Waals surface area contributed by atoms with E-state index in [0.29, 0.717) is 6.04 Å². The fourth-order valence-corrected chi connectivity index (χ4v) is 3.40. The van der Waals surface area contributed by atoms with E-state index in [-0.39, 0.29) is 0 Å². The van der Waals surface area contributed by atoms with Crippen molar-refractivity contribution in [2.24, 2.45) is 5.92 Å². The molecule has 0 aromatic rings. The normalized spacial score (nSPS) is 38.8. The number of hydrogen-bond acceptors (Lipinski definition) is 3. The Labute approximate surface area is 91.6 Å². The van der Waals surface area contributed by atoms with E-state index < -0.39 is 0 Å². The topological polar surface area (TPSA) is 24.1 Å².